The molecule has 0 aliphatic carbocycles. The van der Waals surface area contributed by atoms with Crippen LogP contribution in [0.2, 0.25) is 0 Å². The third-order valence-electron chi connectivity index (χ3n) is 4.16. The molecule has 2 aromatic heterocycles. The maximum atomic E-state index is 12.2. The molecule has 1 atom stereocenters. The van der Waals surface area contributed by atoms with Crippen LogP contribution < -0.4 is 5.32 Å². The minimum atomic E-state index is -0.345. The van der Waals surface area contributed by atoms with Crippen LogP contribution in [0.3, 0.4) is 0 Å². The summed E-state index contributed by atoms with van der Waals surface area (Å²) < 4.78 is 7.31. The predicted molar refractivity (Wildman–Crippen MR) is 97.3 cm³/mol. The molecule has 0 bridgehead atoms. The molecule has 0 radical (unpaired) electrons. The van der Waals surface area contributed by atoms with Crippen LogP contribution in [0.1, 0.15) is 43.6 Å². The second-order valence-electron chi connectivity index (χ2n) is 6.26. The highest BCUT2D eigenvalue weighted by molar-refractivity contribution is 5.76. The molecule has 1 unspecified atom stereocenters. The summed E-state index contributed by atoms with van der Waals surface area (Å²) in [7, 11) is 0. The zero-order chi connectivity index (χ0) is 18.5. The molecule has 26 heavy (non-hydrogen) atoms. The zero-order valence-corrected chi connectivity index (χ0v) is 15.3. The SMILES string of the molecule is CCc1nccn1CCC(=O)NC(C)c1nc(-c2cccc(C)c2)no1. The summed E-state index contributed by atoms with van der Waals surface area (Å²) in [4.78, 5) is 20.9. The number of rotatable bonds is 7. The van der Waals surface area contributed by atoms with Crippen molar-refractivity contribution >= 4 is 5.91 Å². The van der Waals surface area contributed by atoms with E-state index >= 15 is 0 Å². The molecule has 1 amide bonds. The summed E-state index contributed by atoms with van der Waals surface area (Å²) in [5.41, 5.74) is 2.02. The maximum Gasteiger partial charge on any atom is 0.249 e. The number of aryl methyl sites for hydroxylation is 3. The fourth-order valence-electron chi connectivity index (χ4n) is 2.77. The minimum absolute atomic E-state index is 0.0661. The Bertz CT molecular complexity index is 883. The Morgan fingerprint density at radius 3 is 3.00 bits per heavy atom. The maximum absolute atomic E-state index is 12.2. The first kappa shape index (κ1) is 17.8. The number of amides is 1. The van der Waals surface area contributed by atoms with E-state index in [1.54, 1.807) is 6.20 Å². The van der Waals surface area contributed by atoms with Crippen molar-refractivity contribution in [2.75, 3.05) is 0 Å². The molecule has 0 fully saturated rings. The van der Waals surface area contributed by atoms with Crippen molar-refractivity contribution in [1.29, 1.82) is 0 Å². The van der Waals surface area contributed by atoms with Crippen LogP contribution in [0.5, 0.6) is 0 Å². The molecule has 7 heteroatoms. The van der Waals surface area contributed by atoms with Gasteiger partial charge in [0, 0.05) is 37.3 Å². The number of carbonyl (C=O) groups excluding carboxylic acids is 1. The molecule has 0 aliphatic heterocycles. The first-order chi connectivity index (χ1) is 12.6. The van der Waals surface area contributed by atoms with Gasteiger partial charge in [-0.25, -0.2) is 4.98 Å². The molecular formula is C19H23N5O2. The number of benzene rings is 1. The van der Waals surface area contributed by atoms with E-state index in [0.29, 0.717) is 24.7 Å². The summed E-state index contributed by atoms with van der Waals surface area (Å²) in [6, 6.07) is 7.54. The highest BCUT2D eigenvalue weighted by atomic mass is 16.5. The van der Waals surface area contributed by atoms with E-state index in [4.69, 9.17) is 4.52 Å². The molecule has 2 heterocycles. The molecule has 0 aliphatic rings. The van der Waals surface area contributed by atoms with Crippen molar-refractivity contribution in [3.8, 4) is 11.4 Å². The van der Waals surface area contributed by atoms with Crippen LogP contribution in [0, 0.1) is 6.92 Å². The molecule has 7 nitrogen and oxygen atoms in total. The van der Waals surface area contributed by atoms with Gasteiger partial charge in [0.2, 0.25) is 17.6 Å². The number of hydrogen-bond acceptors (Lipinski definition) is 5. The van der Waals surface area contributed by atoms with Gasteiger partial charge in [-0.3, -0.25) is 4.79 Å². The molecule has 3 aromatic rings. The van der Waals surface area contributed by atoms with Gasteiger partial charge in [-0.15, -0.1) is 0 Å². The van der Waals surface area contributed by atoms with Gasteiger partial charge in [-0.1, -0.05) is 35.8 Å². The van der Waals surface area contributed by atoms with E-state index in [1.165, 1.54) is 0 Å². The number of imidazole rings is 1. The molecular weight excluding hydrogens is 330 g/mol. The lowest BCUT2D eigenvalue weighted by Crippen LogP contribution is -2.27. The van der Waals surface area contributed by atoms with E-state index in [1.807, 2.05) is 55.8 Å². The van der Waals surface area contributed by atoms with Crippen LogP contribution in [0.15, 0.2) is 41.2 Å². The van der Waals surface area contributed by atoms with E-state index in [2.05, 4.69) is 20.4 Å². The van der Waals surface area contributed by atoms with Crippen molar-refractivity contribution in [2.24, 2.45) is 0 Å². The number of hydrogen-bond donors (Lipinski definition) is 1. The number of aromatic nitrogens is 4. The number of nitrogens with one attached hydrogen (secondary N) is 1. The highest BCUT2D eigenvalue weighted by Crippen LogP contribution is 2.19. The Hall–Kier alpha value is -2.96. The third-order valence-corrected chi connectivity index (χ3v) is 4.16. The van der Waals surface area contributed by atoms with Gasteiger partial charge in [0.25, 0.3) is 0 Å². The van der Waals surface area contributed by atoms with Crippen LogP contribution >= 0.6 is 0 Å². The highest BCUT2D eigenvalue weighted by Gasteiger charge is 2.17. The molecule has 0 spiro atoms. The minimum Gasteiger partial charge on any atom is -0.345 e. The van der Waals surface area contributed by atoms with E-state index in [9.17, 15) is 4.79 Å². The fourth-order valence-corrected chi connectivity index (χ4v) is 2.77. The molecule has 0 saturated carbocycles. The normalized spacial score (nSPS) is 12.1. The van der Waals surface area contributed by atoms with Gasteiger partial charge >= 0.3 is 0 Å². The van der Waals surface area contributed by atoms with Gasteiger partial charge in [0.1, 0.15) is 11.9 Å². The lowest BCUT2D eigenvalue weighted by atomic mass is 10.1. The van der Waals surface area contributed by atoms with Gasteiger partial charge in [0.05, 0.1) is 0 Å². The molecule has 136 valence electrons. The summed E-state index contributed by atoms with van der Waals surface area (Å²) in [5, 5.41) is 6.92. The molecule has 0 saturated heterocycles. The lowest BCUT2D eigenvalue weighted by Gasteiger charge is -2.10. The first-order valence-electron chi connectivity index (χ1n) is 8.77. The second-order valence-corrected chi connectivity index (χ2v) is 6.26. The zero-order valence-electron chi connectivity index (χ0n) is 15.3. The second kappa shape index (κ2) is 7.95. The Kier molecular flexibility index (Phi) is 5.46. The van der Waals surface area contributed by atoms with Crippen molar-refractivity contribution in [1.82, 2.24) is 25.0 Å². The van der Waals surface area contributed by atoms with Crippen LogP contribution in [-0.2, 0) is 17.8 Å². The van der Waals surface area contributed by atoms with Crippen molar-refractivity contribution in [2.45, 2.75) is 46.2 Å². The summed E-state index contributed by atoms with van der Waals surface area (Å²) >= 11 is 0. The van der Waals surface area contributed by atoms with E-state index in [-0.39, 0.29) is 11.9 Å². The van der Waals surface area contributed by atoms with Gasteiger partial charge in [0.15, 0.2) is 0 Å². The fraction of sp³-hybridized carbons (Fsp3) is 0.368. The Labute approximate surface area is 152 Å². The quantitative estimate of drug-likeness (QED) is 0.705. The number of nitrogens with zero attached hydrogens (tertiary/aromatic N) is 4. The topological polar surface area (TPSA) is 85.8 Å². The van der Waals surface area contributed by atoms with E-state index < -0.39 is 0 Å². The molecule has 1 N–H and O–H groups in total. The monoisotopic (exact) mass is 353 g/mol. The largest absolute Gasteiger partial charge is 0.345 e. The Morgan fingerprint density at radius 2 is 2.23 bits per heavy atom. The predicted octanol–water partition coefficient (Wildman–Crippen LogP) is 3.07. The summed E-state index contributed by atoms with van der Waals surface area (Å²) in [6.07, 6.45) is 4.85. The summed E-state index contributed by atoms with van der Waals surface area (Å²) in [5.74, 6) is 1.83. The van der Waals surface area contributed by atoms with E-state index in [0.717, 1.165) is 23.4 Å². The Balaban J connectivity index is 1.58. The van der Waals surface area contributed by atoms with Crippen molar-refractivity contribution < 1.29 is 9.32 Å². The lowest BCUT2D eigenvalue weighted by molar-refractivity contribution is -0.122. The average molecular weight is 353 g/mol. The number of carbonyl (C=O) groups is 1. The van der Waals surface area contributed by atoms with Gasteiger partial charge < -0.3 is 14.4 Å². The van der Waals surface area contributed by atoms with Crippen LogP contribution in [-0.4, -0.2) is 25.6 Å². The first-order valence-corrected chi connectivity index (χ1v) is 8.77. The van der Waals surface area contributed by atoms with Gasteiger partial charge in [-0.2, -0.15) is 4.98 Å². The van der Waals surface area contributed by atoms with Crippen molar-refractivity contribution in [3.05, 3.63) is 53.9 Å². The van der Waals surface area contributed by atoms with Crippen LogP contribution in [0.25, 0.3) is 11.4 Å². The average Bonchev–Trinajstić information content (AvgIpc) is 3.29. The summed E-state index contributed by atoms with van der Waals surface area (Å²) in [6.45, 7) is 6.49. The third kappa shape index (κ3) is 4.17. The van der Waals surface area contributed by atoms with Crippen molar-refractivity contribution in [3.63, 3.8) is 0 Å². The van der Waals surface area contributed by atoms with Crippen LogP contribution in [0.4, 0.5) is 0 Å². The van der Waals surface area contributed by atoms with Gasteiger partial charge in [-0.05, 0) is 19.9 Å². The Morgan fingerprint density at radius 1 is 1.38 bits per heavy atom. The molecule has 3 rings (SSSR count). The molecule has 1 aromatic carbocycles. The standard InChI is InChI=1S/C19H23N5O2/c1-4-16-20-9-11-24(16)10-8-17(25)21-14(3)19-22-18(23-26-19)15-7-5-6-13(2)12-15/h5-7,9,11-12,14H,4,8,10H2,1-3H3,(H,21,25). The smallest absolute Gasteiger partial charge is 0.249 e.